The van der Waals surface area contributed by atoms with Gasteiger partial charge in [-0.05, 0) is 40.5 Å². The molecule has 0 spiro atoms. The smallest absolute Gasteiger partial charge is 0.407 e. The van der Waals surface area contributed by atoms with Crippen molar-refractivity contribution in [2.24, 2.45) is 0 Å². The van der Waals surface area contributed by atoms with Gasteiger partial charge in [0, 0.05) is 24.0 Å². The number of alkyl carbamates (subject to hydrolysis) is 1. The van der Waals surface area contributed by atoms with E-state index in [0.29, 0.717) is 18.8 Å². The van der Waals surface area contributed by atoms with E-state index in [1.54, 1.807) is 6.20 Å². The van der Waals surface area contributed by atoms with E-state index in [4.69, 9.17) is 4.74 Å². The lowest BCUT2D eigenvalue weighted by atomic mass is 9.98. The highest BCUT2D eigenvalue weighted by atomic mass is 16.5. The van der Waals surface area contributed by atoms with Crippen molar-refractivity contribution in [2.75, 3.05) is 13.2 Å². The van der Waals surface area contributed by atoms with Crippen LogP contribution in [-0.4, -0.2) is 34.4 Å². The molecule has 0 saturated carbocycles. The lowest BCUT2D eigenvalue weighted by molar-refractivity contribution is 0.144. The molecule has 2 aromatic carbocycles. The van der Waals surface area contributed by atoms with Gasteiger partial charge in [-0.25, -0.2) is 9.78 Å². The number of nitrogens with zero attached hydrogens (tertiary/aromatic N) is 2. The summed E-state index contributed by atoms with van der Waals surface area (Å²) in [4.78, 5) is 16.4. The fourth-order valence-corrected chi connectivity index (χ4v) is 3.97. The molecule has 0 aliphatic heterocycles. The Hall–Kier alpha value is -3.93. The zero-order valence-electron chi connectivity index (χ0n) is 16.2. The van der Waals surface area contributed by atoms with Crippen LogP contribution in [0.4, 0.5) is 4.79 Å². The Morgan fingerprint density at radius 1 is 1.03 bits per heavy atom. The Bertz CT molecular complexity index is 1200. The van der Waals surface area contributed by atoms with Crippen LogP contribution in [0.25, 0.3) is 28.2 Å². The van der Waals surface area contributed by atoms with E-state index < -0.39 is 6.09 Å². The second-order valence-corrected chi connectivity index (χ2v) is 7.12. The summed E-state index contributed by atoms with van der Waals surface area (Å²) in [6, 6.07) is 20.4. The standard InChI is InChI=1S/C24H20N4O2/c29-24(26-14-6-12-22-20-11-5-13-25-23(20)28-27-22)30-15-21-18-9-3-1-7-16(18)17-8-2-4-10-19(17)21/h1-13,21H,14-15H2,(H,26,29)(H,25,27,28). The van der Waals surface area contributed by atoms with Crippen LogP contribution in [0.15, 0.2) is 72.9 Å². The fraction of sp³-hybridized carbons (Fsp3) is 0.125. The molecule has 6 nitrogen and oxygen atoms in total. The molecule has 0 saturated heterocycles. The molecule has 2 aromatic heterocycles. The van der Waals surface area contributed by atoms with Crippen LogP contribution in [0.5, 0.6) is 0 Å². The first-order valence-corrected chi connectivity index (χ1v) is 9.86. The van der Waals surface area contributed by atoms with Crippen molar-refractivity contribution >= 4 is 23.2 Å². The quantitative estimate of drug-likeness (QED) is 0.520. The third-order valence-electron chi connectivity index (χ3n) is 5.35. The van der Waals surface area contributed by atoms with Gasteiger partial charge in [-0.3, -0.25) is 5.10 Å². The highest BCUT2D eigenvalue weighted by Crippen LogP contribution is 2.44. The lowest BCUT2D eigenvalue weighted by Gasteiger charge is -2.14. The summed E-state index contributed by atoms with van der Waals surface area (Å²) in [6.07, 6.45) is 5.00. The summed E-state index contributed by atoms with van der Waals surface area (Å²) >= 11 is 0. The highest BCUT2D eigenvalue weighted by molar-refractivity contribution is 5.83. The molecule has 0 radical (unpaired) electrons. The number of hydrogen-bond donors (Lipinski definition) is 2. The van der Waals surface area contributed by atoms with Gasteiger partial charge in [0.2, 0.25) is 0 Å². The van der Waals surface area contributed by atoms with Crippen LogP contribution in [0.1, 0.15) is 22.7 Å². The number of aromatic nitrogens is 3. The minimum absolute atomic E-state index is 0.0579. The number of nitrogens with one attached hydrogen (secondary N) is 2. The summed E-state index contributed by atoms with van der Waals surface area (Å²) < 4.78 is 5.53. The zero-order chi connectivity index (χ0) is 20.3. The number of carbonyl (C=O) groups excluding carboxylic acids is 1. The summed E-state index contributed by atoms with van der Waals surface area (Å²) in [5.74, 6) is 0.0579. The SMILES string of the molecule is O=C(NCC=Cc1[nH]nc2ncccc12)OCC1c2ccccc2-c2ccccc21. The van der Waals surface area contributed by atoms with Gasteiger partial charge in [0.25, 0.3) is 0 Å². The molecule has 4 aromatic rings. The summed E-state index contributed by atoms with van der Waals surface area (Å²) in [5.41, 5.74) is 6.35. The largest absolute Gasteiger partial charge is 0.449 e. The molecule has 5 rings (SSSR count). The van der Waals surface area contributed by atoms with Crippen LogP contribution < -0.4 is 5.32 Å². The van der Waals surface area contributed by atoms with E-state index in [1.165, 1.54) is 22.3 Å². The Kier molecular flexibility index (Phi) is 4.73. The number of carbonyl (C=O) groups is 1. The second-order valence-electron chi connectivity index (χ2n) is 7.12. The molecule has 0 unspecified atom stereocenters. The van der Waals surface area contributed by atoms with Crippen LogP contribution in [-0.2, 0) is 4.74 Å². The normalized spacial score (nSPS) is 12.8. The van der Waals surface area contributed by atoms with Crippen LogP contribution in [0, 0.1) is 0 Å². The first-order chi connectivity index (χ1) is 14.8. The maximum absolute atomic E-state index is 12.2. The molecule has 1 amide bonds. The van der Waals surface area contributed by atoms with Gasteiger partial charge >= 0.3 is 6.09 Å². The lowest BCUT2D eigenvalue weighted by Crippen LogP contribution is -2.26. The van der Waals surface area contributed by atoms with Gasteiger partial charge in [0.05, 0.1) is 5.69 Å². The van der Waals surface area contributed by atoms with Crippen molar-refractivity contribution in [3.8, 4) is 11.1 Å². The number of H-pyrrole nitrogens is 1. The molecular formula is C24H20N4O2. The molecule has 0 bridgehead atoms. The van der Waals surface area contributed by atoms with E-state index in [1.807, 2.05) is 48.6 Å². The van der Waals surface area contributed by atoms with Crippen molar-refractivity contribution < 1.29 is 9.53 Å². The highest BCUT2D eigenvalue weighted by Gasteiger charge is 2.28. The monoisotopic (exact) mass is 396 g/mol. The summed E-state index contributed by atoms with van der Waals surface area (Å²) in [7, 11) is 0. The predicted octanol–water partition coefficient (Wildman–Crippen LogP) is 4.51. The van der Waals surface area contributed by atoms with Crippen molar-refractivity contribution in [2.45, 2.75) is 5.92 Å². The number of benzene rings is 2. The number of rotatable bonds is 5. The Balaban J connectivity index is 1.19. The van der Waals surface area contributed by atoms with E-state index in [0.717, 1.165) is 11.1 Å². The summed E-state index contributed by atoms with van der Waals surface area (Å²) in [6.45, 7) is 0.665. The van der Waals surface area contributed by atoms with Gasteiger partial charge < -0.3 is 10.1 Å². The average Bonchev–Trinajstić information content (AvgIpc) is 3.34. The third kappa shape index (κ3) is 3.33. The maximum atomic E-state index is 12.2. The first kappa shape index (κ1) is 18.1. The molecule has 148 valence electrons. The summed E-state index contributed by atoms with van der Waals surface area (Å²) in [5, 5.41) is 10.8. The number of aromatic amines is 1. The fourth-order valence-electron chi connectivity index (χ4n) is 3.97. The number of fused-ring (bicyclic) bond motifs is 4. The molecule has 2 heterocycles. The molecular weight excluding hydrogens is 376 g/mol. The van der Waals surface area contributed by atoms with Gasteiger partial charge in [0.15, 0.2) is 5.65 Å². The molecule has 1 aliphatic rings. The third-order valence-corrected chi connectivity index (χ3v) is 5.35. The topological polar surface area (TPSA) is 79.9 Å². The minimum atomic E-state index is -0.433. The number of pyridine rings is 1. The Morgan fingerprint density at radius 3 is 2.53 bits per heavy atom. The zero-order valence-corrected chi connectivity index (χ0v) is 16.2. The van der Waals surface area contributed by atoms with E-state index >= 15 is 0 Å². The first-order valence-electron chi connectivity index (χ1n) is 9.86. The maximum Gasteiger partial charge on any atom is 0.407 e. The van der Waals surface area contributed by atoms with Gasteiger partial charge in [0.1, 0.15) is 6.61 Å². The molecule has 1 aliphatic carbocycles. The van der Waals surface area contributed by atoms with Crippen LogP contribution >= 0.6 is 0 Å². The van der Waals surface area contributed by atoms with Gasteiger partial charge in [-0.15, -0.1) is 0 Å². The molecule has 0 fully saturated rings. The number of ether oxygens (including phenoxy) is 1. The van der Waals surface area contributed by atoms with Crippen molar-refractivity contribution in [3.05, 3.63) is 89.8 Å². The molecule has 6 heteroatoms. The van der Waals surface area contributed by atoms with Crippen molar-refractivity contribution in [1.29, 1.82) is 0 Å². The minimum Gasteiger partial charge on any atom is -0.449 e. The second kappa shape index (κ2) is 7.83. The van der Waals surface area contributed by atoms with E-state index in [-0.39, 0.29) is 5.92 Å². The number of hydrogen-bond acceptors (Lipinski definition) is 4. The molecule has 30 heavy (non-hydrogen) atoms. The Morgan fingerprint density at radius 2 is 1.77 bits per heavy atom. The van der Waals surface area contributed by atoms with Crippen LogP contribution in [0.2, 0.25) is 0 Å². The van der Waals surface area contributed by atoms with Crippen molar-refractivity contribution in [1.82, 2.24) is 20.5 Å². The van der Waals surface area contributed by atoms with E-state index in [9.17, 15) is 4.79 Å². The van der Waals surface area contributed by atoms with Crippen molar-refractivity contribution in [3.63, 3.8) is 0 Å². The van der Waals surface area contributed by atoms with Gasteiger partial charge in [-0.2, -0.15) is 5.10 Å². The Labute approximate surface area is 173 Å². The van der Waals surface area contributed by atoms with E-state index in [2.05, 4.69) is 44.8 Å². The number of amides is 1. The molecule has 0 atom stereocenters. The average molecular weight is 396 g/mol. The molecule has 2 N–H and O–H groups in total. The van der Waals surface area contributed by atoms with Crippen LogP contribution in [0.3, 0.4) is 0 Å². The van der Waals surface area contributed by atoms with Gasteiger partial charge in [-0.1, -0.05) is 54.6 Å². The predicted molar refractivity (Wildman–Crippen MR) is 116 cm³/mol.